The fourth-order valence-electron chi connectivity index (χ4n) is 3.46. The van der Waals surface area contributed by atoms with E-state index in [0.717, 1.165) is 36.5 Å². The van der Waals surface area contributed by atoms with E-state index < -0.39 is 0 Å². The Kier molecular flexibility index (Phi) is 5.26. The van der Waals surface area contributed by atoms with E-state index in [1.54, 1.807) is 0 Å². The molecule has 6 heteroatoms. The number of nitrogens with one attached hydrogen (secondary N) is 3. The number of amides is 2. The van der Waals surface area contributed by atoms with Gasteiger partial charge >= 0.3 is 6.03 Å². The summed E-state index contributed by atoms with van der Waals surface area (Å²) in [4.78, 5) is 14.4. The van der Waals surface area contributed by atoms with Gasteiger partial charge < -0.3 is 15.5 Å². The number of hydrogen-bond acceptors (Lipinski definition) is 3. The molecule has 3 rings (SSSR count). The molecule has 0 bridgehead atoms. The van der Waals surface area contributed by atoms with Crippen LogP contribution in [-0.2, 0) is 19.4 Å². The smallest absolute Gasteiger partial charge is 0.319 e. The van der Waals surface area contributed by atoms with E-state index in [9.17, 15) is 4.79 Å². The molecule has 0 fully saturated rings. The lowest BCUT2D eigenvalue weighted by molar-refractivity contribution is 0.251. The predicted octanol–water partition coefficient (Wildman–Crippen LogP) is 3.45. The Morgan fingerprint density at radius 1 is 1.28 bits per heavy atom. The summed E-state index contributed by atoms with van der Waals surface area (Å²) in [6.07, 6.45) is 3.28. The second kappa shape index (κ2) is 7.59. The summed E-state index contributed by atoms with van der Waals surface area (Å²) in [6, 6.07) is 8.19. The predicted molar refractivity (Wildman–Crippen MR) is 101 cm³/mol. The second-order valence-electron chi connectivity index (χ2n) is 6.72. The minimum Gasteiger partial charge on any atom is -0.369 e. The number of H-pyrrole nitrogens is 1. The molecule has 1 aliphatic rings. The van der Waals surface area contributed by atoms with Gasteiger partial charge in [-0.2, -0.15) is 5.10 Å². The molecule has 0 aliphatic heterocycles. The van der Waals surface area contributed by atoms with Crippen LogP contribution in [-0.4, -0.2) is 28.8 Å². The largest absolute Gasteiger partial charge is 0.369 e. The number of rotatable bonds is 6. The second-order valence-corrected chi connectivity index (χ2v) is 6.72. The first-order valence-electron chi connectivity index (χ1n) is 9.05. The average molecular weight is 341 g/mol. The van der Waals surface area contributed by atoms with Gasteiger partial charge in [-0.25, -0.2) is 4.79 Å². The lowest BCUT2D eigenvalue weighted by atomic mass is 10.2. The van der Waals surface area contributed by atoms with E-state index >= 15 is 0 Å². The number of aromatic nitrogens is 2. The third-order valence-electron chi connectivity index (χ3n) is 4.73. The topological polar surface area (TPSA) is 73.1 Å². The molecule has 0 saturated carbocycles. The van der Waals surface area contributed by atoms with Crippen LogP contribution in [0.1, 0.15) is 44.1 Å². The highest BCUT2D eigenvalue weighted by Crippen LogP contribution is 2.23. The van der Waals surface area contributed by atoms with Crippen LogP contribution in [0.5, 0.6) is 0 Å². The molecule has 134 valence electrons. The number of benzene rings is 1. The van der Waals surface area contributed by atoms with Gasteiger partial charge in [-0.1, -0.05) is 0 Å². The maximum Gasteiger partial charge on any atom is 0.319 e. The van der Waals surface area contributed by atoms with Crippen LogP contribution in [0.4, 0.5) is 16.2 Å². The zero-order chi connectivity index (χ0) is 17.8. The Morgan fingerprint density at radius 3 is 2.72 bits per heavy atom. The summed E-state index contributed by atoms with van der Waals surface area (Å²) < 4.78 is 0. The highest BCUT2D eigenvalue weighted by molar-refractivity contribution is 5.89. The highest BCUT2D eigenvalue weighted by Gasteiger charge is 2.18. The number of carbonyl (C=O) groups excluding carboxylic acids is 1. The Labute approximate surface area is 149 Å². The zero-order valence-corrected chi connectivity index (χ0v) is 15.2. The van der Waals surface area contributed by atoms with E-state index in [1.165, 1.54) is 17.7 Å². The Bertz CT molecular complexity index is 720. The van der Waals surface area contributed by atoms with Crippen molar-refractivity contribution in [1.82, 2.24) is 15.5 Å². The normalized spacial score (nSPS) is 13.0. The van der Waals surface area contributed by atoms with Gasteiger partial charge in [0.15, 0.2) is 0 Å². The van der Waals surface area contributed by atoms with Gasteiger partial charge in [0.2, 0.25) is 0 Å². The van der Waals surface area contributed by atoms with Gasteiger partial charge in [0.25, 0.3) is 0 Å². The Balaban J connectivity index is 1.54. The minimum atomic E-state index is -0.210. The van der Waals surface area contributed by atoms with Crippen molar-refractivity contribution in [2.45, 2.75) is 52.6 Å². The number of carbonyl (C=O) groups is 1. The van der Waals surface area contributed by atoms with Crippen molar-refractivity contribution >= 4 is 17.4 Å². The van der Waals surface area contributed by atoms with Crippen molar-refractivity contribution < 1.29 is 4.79 Å². The molecule has 0 radical (unpaired) electrons. The zero-order valence-electron chi connectivity index (χ0n) is 15.2. The molecule has 1 heterocycles. The summed E-state index contributed by atoms with van der Waals surface area (Å²) in [6.45, 7) is 7.90. The summed E-state index contributed by atoms with van der Waals surface area (Å²) in [5.74, 6) is 0. The van der Waals surface area contributed by atoms with Gasteiger partial charge in [-0.15, -0.1) is 0 Å². The lowest BCUT2D eigenvalue weighted by Gasteiger charge is -2.27. The number of fused-ring (bicyclic) bond motifs is 1. The van der Waals surface area contributed by atoms with E-state index in [2.05, 4.69) is 46.5 Å². The van der Waals surface area contributed by atoms with Crippen molar-refractivity contribution in [3.8, 4) is 0 Å². The van der Waals surface area contributed by atoms with Crippen LogP contribution in [0.15, 0.2) is 24.3 Å². The molecular formula is C19H27N5O. The molecule has 0 spiro atoms. The first-order chi connectivity index (χ1) is 12.1. The van der Waals surface area contributed by atoms with Crippen molar-refractivity contribution in [3.05, 3.63) is 41.2 Å². The van der Waals surface area contributed by atoms with Crippen LogP contribution in [0, 0.1) is 0 Å². The summed E-state index contributed by atoms with van der Waals surface area (Å²) in [5, 5.41) is 13.1. The molecule has 0 atom stereocenters. The van der Waals surface area contributed by atoms with Crippen LogP contribution in [0.2, 0.25) is 0 Å². The number of aryl methyl sites for hydroxylation is 1. The number of urea groups is 1. The van der Waals surface area contributed by atoms with E-state index in [4.69, 9.17) is 0 Å². The molecule has 6 nitrogen and oxygen atoms in total. The van der Waals surface area contributed by atoms with E-state index in [-0.39, 0.29) is 6.03 Å². The van der Waals surface area contributed by atoms with Gasteiger partial charge in [-0.3, -0.25) is 5.10 Å². The fourth-order valence-corrected chi connectivity index (χ4v) is 3.46. The molecule has 1 aromatic carbocycles. The number of nitrogens with zero attached hydrogens (tertiary/aromatic N) is 2. The summed E-state index contributed by atoms with van der Waals surface area (Å²) in [5.41, 5.74) is 5.40. The van der Waals surface area contributed by atoms with Crippen LogP contribution in [0.3, 0.4) is 0 Å². The van der Waals surface area contributed by atoms with Gasteiger partial charge in [-0.05, 0) is 69.9 Å². The monoisotopic (exact) mass is 341 g/mol. The van der Waals surface area contributed by atoms with Crippen molar-refractivity contribution in [2.24, 2.45) is 0 Å². The number of anilines is 2. The molecule has 3 N–H and O–H groups in total. The maximum absolute atomic E-state index is 12.1. The lowest BCUT2D eigenvalue weighted by Crippen LogP contribution is -2.30. The van der Waals surface area contributed by atoms with Crippen molar-refractivity contribution in [2.75, 3.05) is 16.8 Å². The number of hydrogen-bond donors (Lipinski definition) is 3. The molecule has 0 saturated heterocycles. The molecule has 2 aromatic rings. The minimum absolute atomic E-state index is 0.210. The third kappa shape index (κ3) is 3.95. The van der Waals surface area contributed by atoms with Gasteiger partial charge in [0.1, 0.15) is 0 Å². The molecule has 1 aliphatic carbocycles. The van der Waals surface area contributed by atoms with Crippen LogP contribution in [0.25, 0.3) is 0 Å². The first kappa shape index (κ1) is 17.3. The quantitative estimate of drug-likeness (QED) is 0.753. The summed E-state index contributed by atoms with van der Waals surface area (Å²) >= 11 is 0. The molecular weight excluding hydrogens is 314 g/mol. The third-order valence-corrected chi connectivity index (χ3v) is 4.73. The molecule has 2 amide bonds. The van der Waals surface area contributed by atoms with Gasteiger partial charge in [0.05, 0.1) is 12.2 Å². The summed E-state index contributed by atoms with van der Waals surface area (Å²) in [7, 11) is 0. The standard InChI is InChI=1S/C19H27N5O/c1-4-24(13(2)3)15-10-8-14(9-11-15)21-19(25)20-12-18-16-6-5-7-17(16)22-23-18/h8-11,13H,4-7,12H2,1-3H3,(H,22,23)(H2,20,21,25). The van der Waals surface area contributed by atoms with Crippen LogP contribution < -0.4 is 15.5 Å². The van der Waals surface area contributed by atoms with Gasteiger partial charge in [0, 0.05) is 29.7 Å². The SMILES string of the molecule is CCN(c1ccc(NC(=O)NCc2n[nH]c3c2CCC3)cc1)C(C)C. The molecule has 1 aromatic heterocycles. The number of aromatic amines is 1. The van der Waals surface area contributed by atoms with Crippen molar-refractivity contribution in [1.29, 1.82) is 0 Å². The van der Waals surface area contributed by atoms with E-state index in [1.807, 2.05) is 24.3 Å². The molecule has 0 unspecified atom stereocenters. The Morgan fingerprint density at radius 2 is 2.04 bits per heavy atom. The maximum atomic E-state index is 12.1. The first-order valence-corrected chi connectivity index (χ1v) is 9.05. The molecule has 25 heavy (non-hydrogen) atoms. The van der Waals surface area contributed by atoms with E-state index in [0.29, 0.717) is 12.6 Å². The average Bonchev–Trinajstić information content (AvgIpc) is 3.19. The highest BCUT2D eigenvalue weighted by atomic mass is 16.2. The fraction of sp³-hybridized carbons (Fsp3) is 0.474. The van der Waals surface area contributed by atoms with Crippen LogP contribution >= 0.6 is 0 Å². The van der Waals surface area contributed by atoms with Crippen molar-refractivity contribution in [3.63, 3.8) is 0 Å². The Hall–Kier alpha value is -2.50.